The summed E-state index contributed by atoms with van der Waals surface area (Å²) in [6.07, 6.45) is 3.93. The lowest BCUT2D eigenvalue weighted by molar-refractivity contribution is -0.136. The van der Waals surface area contributed by atoms with Crippen molar-refractivity contribution in [3.05, 3.63) is 35.4 Å². The Morgan fingerprint density at radius 3 is 2.63 bits per heavy atom. The Hall–Kier alpha value is -1.53. The second-order valence-corrected chi connectivity index (χ2v) is 8.94. The van der Waals surface area contributed by atoms with Crippen LogP contribution in [0.2, 0.25) is 0 Å². The molecule has 2 aliphatic heterocycles. The lowest BCUT2D eigenvalue weighted by Crippen LogP contribution is -2.62. The van der Waals surface area contributed by atoms with Gasteiger partial charge in [0.05, 0.1) is 18.1 Å². The number of methoxy groups -OCH3 is 1. The predicted molar refractivity (Wildman–Crippen MR) is 107 cm³/mol. The number of benzene rings is 1. The van der Waals surface area contributed by atoms with Crippen LogP contribution in [0.4, 0.5) is 0 Å². The van der Waals surface area contributed by atoms with E-state index in [4.69, 9.17) is 4.74 Å². The largest absolute Gasteiger partial charge is 0.383 e. The highest BCUT2D eigenvalue weighted by atomic mass is 32.2. The molecule has 27 heavy (non-hydrogen) atoms. The molecule has 0 bridgehead atoms. The SMILES string of the molecule is COCCN1C(=O)c2ccccc2[C@H](C(=O)N2CCSCC2)C12CCCC2. The lowest BCUT2D eigenvalue weighted by atomic mass is 9.70. The van der Waals surface area contributed by atoms with Gasteiger partial charge >= 0.3 is 0 Å². The van der Waals surface area contributed by atoms with Crippen LogP contribution in [0.1, 0.15) is 47.5 Å². The summed E-state index contributed by atoms with van der Waals surface area (Å²) in [6, 6.07) is 7.75. The van der Waals surface area contributed by atoms with Crippen LogP contribution in [-0.2, 0) is 9.53 Å². The maximum absolute atomic E-state index is 13.8. The Morgan fingerprint density at radius 2 is 1.93 bits per heavy atom. The Labute approximate surface area is 165 Å². The molecule has 2 fully saturated rings. The van der Waals surface area contributed by atoms with Crippen molar-refractivity contribution in [2.24, 2.45) is 0 Å². The molecule has 6 heteroatoms. The normalized spacial score (nSPS) is 24.3. The summed E-state index contributed by atoms with van der Waals surface area (Å²) in [5.41, 5.74) is 1.23. The maximum Gasteiger partial charge on any atom is 0.254 e. The minimum absolute atomic E-state index is 0.0581. The third-order valence-corrected chi connectivity index (χ3v) is 7.32. The number of nitrogens with zero attached hydrogens (tertiary/aromatic N) is 2. The molecule has 0 unspecified atom stereocenters. The summed E-state index contributed by atoms with van der Waals surface area (Å²) in [6.45, 7) is 2.66. The van der Waals surface area contributed by atoms with Crippen molar-refractivity contribution in [1.29, 1.82) is 0 Å². The van der Waals surface area contributed by atoms with E-state index in [1.165, 1.54) is 0 Å². The lowest BCUT2D eigenvalue weighted by Gasteiger charge is -2.51. The van der Waals surface area contributed by atoms with Crippen LogP contribution in [0.3, 0.4) is 0 Å². The Morgan fingerprint density at radius 1 is 1.22 bits per heavy atom. The number of carbonyl (C=O) groups excluding carboxylic acids is 2. The van der Waals surface area contributed by atoms with Gasteiger partial charge in [0.15, 0.2) is 0 Å². The zero-order valence-electron chi connectivity index (χ0n) is 16.0. The van der Waals surface area contributed by atoms with Gasteiger partial charge in [-0.05, 0) is 24.5 Å². The van der Waals surface area contributed by atoms with E-state index < -0.39 is 5.54 Å². The number of amides is 2. The second kappa shape index (κ2) is 7.84. The topological polar surface area (TPSA) is 49.9 Å². The van der Waals surface area contributed by atoms with E-state index in [1.54, 1.807) is 7.11 Å². The van der Waals surface area contributed by atoms with E-state index in [-0.39, 0.29) is 17.7 Å². The fourth-order valence-electron chi connectivity index (χ4n) is 5.12. The van der Waals surface area contributed by atoms with Crippen LogP contribution in [0.15, 0.2) is 24.3 Å². The second-order valence-electron chi connectivity index (χ2n) is 7.72. The van der Waals surface area contributed by atoms with Gasteiger partial charge in [-0.2, -0.15) is 11.8 Å². The first-order valence-electron chi connectivity index (χ1n) is 9.95. The monoisotopic (exact) mass is 388 g/mol. The summed E-state index contributed by atoms with van der Waals surface area (Å²) >= 11 is 1.91. The van der Waals surface area contributed by atoms with Gasteiger partial charge in [0.25, 0.3) is 5.91 Å². The number of hydrogen-bond acceptors (Lipinski definition) is 4. The van der Waals surface area contributed by atoms with E-state index in [2.05, 4.69) is 0 Å². The summed E-state index contributed by atoms with van der Waals surface area (Å²) in [5, 5.41) is 0. The first-order chi connectivity index (χ1) is 13.2. The zero-order valence-corrected chi connectivity index (χ0v) is 16.8. The molecule has 3 aliphatic rings. The zero-order chi connectivity index (χ0) is 18.9. The van der Waals surface area contributed by atoms with Gasteiger partial charge < -0.3 is 14.5 Å². The highest BCUT2D eigenvalue weighted by Crippen LogP contribution is 2.50. The third kappa shape index (κ3) is 3.17. The van der Waals surface area contributed by atoms with Crippen molar-refractivity contribution in [3.8, 4) is 0 Å². The average molecular weight is 389 g/mol. The van der Waals surface area contributed by atoms with E-state index in [0.717, 1.165) is 55.8 Å². The predicted octanol–water partition coefficient (Wildman–Crippen LogP) is 2.76. The number of carbonyl (C=O) groups is 2. The number of hydrogen-bond donors (Lipinski definition) is 0. The van der Waals surface area contributed by atoms with E-state index in [1.807, 2.05) is 45.8 Å². The molecule has 0 aromatic heterocycles. The van der Waals surface area contributed by atoms with Gasteiger partial charge in [-0.15, -0.1) is 0 Å². The fourth-order valence-corrected chi connectivity index (χ4v) is 6.02. The van der Waals surface area contributed by atoms with Crippen molar-refractivity contribution < 1.29 is 14.3 Å². The molecule has 1 spiro atoms. The van der Waals surface area contributed by atoms with Crippen LogP contribution in [0.25, 0.3) is 0 Å². The van der Waals surface area contributed by atoms with Gasteiger partial charge in [-0.3, -0.25) is 9.59 Å². The van der Waals surface area contributed by atoms with Gasteiger partial charge in [0, 0.05) is 43.8 Å². The smallest absolute Gasteiger partial charge is 0.254 e. The number of rotatable bonds is 4. The third-order valence-electron chi connectivity index (χ3n) is 6.38. The number of ether oxygens (including phenoxy) is 1. The van der Waals surface area contributed by atoms with Crippen molar-refractivity contribution in [2.75, 3.05) is 44.9 Å². The molecule has 0 radical (unpaired) electrons. The molecule has 146 valence electrons. The maximum atomic E-state index is 13.8. The van der Waals surface area contributed by atoms with Gasteiger partial charge in [0.1, 0.15) is 0 Å². The van der Waals surface area contributed by atoms with Gasteiger partial charge in [-0.25, -0.2) is 0 Å². The molecule has 2 amide bonds. The minimum atomic E-state index is -0.397. The number of thioether (sulfide) groups is 1. The molecule has 1 atom stereocenters. The highest BCUT2D eigenvalue weighted by Gasteiger charge is 2.56. The molecular formula is C21H28N2O3S. The minimum Gasteiger partial charge on any atom is -0.383 e. The first-order valence-corrected chi connectivity index (χ1v) is 11.1. The standard InChI is InChI=1S/C21H28N2O3S/c1-26-13-10-23-19(24)17-7-3-2-6-16(17)18(21(23)8-4-5-9-21)20(25)22-11-14-27-15-12-22/h2-3,6-7,18H,4-5,8-15H2,1H3/t18-/m1/s1. The summed E-state index contributed by atoms with van der Waals surface area (Å²) in [5.74, 6) is 2.01. The van der Waals surface area contributed by atoms with Gasteiger partial charge in [-0.1, -0.05) is 31.0 Å². The summed E-state index contributed by atoms with van der Waals surface area (Å²) < 4.78 is 5.30. The molecule has 1 aliphatic carbocycles. The molecule has 4 rings (SSSR count). The van der Waals surface area contributed by atoms with Crippen LogP contribution in [0, 0.1) is 0 Å². The van der Waals surface area contributed by atoms with Crippen LogP contribution in [0.5, 0.6) is 0 Å². The fraction of sp³-hybridized carbons (Fsp3) is 0.619. The summed E-state index contributed by atoms with van der Waals surface area (Å²) in [7, 11) is 1.66. The Balaban J connectivity index is 1.80. The van der Waals surface area contributed by atoms with Crippen molar-refractivity contribution in [2.45, 2.75) is 37.1 Å². The van der Waals surface area contributed by atoms with Crippen LogP contribution in [-0.4, -0.2) is 72.0 Å². The average Bonchev–Trinajstić information content (AvgIpc) is 3.18. The summed E-state index contributed by atoms with van der Waals surface area (Å²) in [4.78, 5) is 31.1. The molecule has 0 N–H and O–H groups in total. The Kier molecular flexibility index (Phi) is 5.46. The van der Waals surface area contributed by atoms with Crippen molar-refractivity contribution in [1.82, 2.24) is 9.80 Å². The van der Waals surface area contributed by atoms with E-state index >= 15 is 0 Å². The van der Waals surface area contributed by atoms with E-state index in [0.29, 0.717) is 18.7 Å². The molecule has 1 aromatic rings. The molecule has 1 saturated heterocycles. The van der Waals surface area contributed by atoms with Gasteiger partial charge in [0.2, 0.25) is 5.91 Å². The Bertz CT molecular complexity index is 711. The van der Waals surface area contributed by atoms with Crippen LogP contribution < -0.4 is 0 Å². The van der Waals surface area contributed by atoms with Crippen LogP contribution >= 0.6 is 11.8 Å². The molecule has 1 saturated carbocycles. The van der Waals surface area contributed by atoms with E-state index in [9.17, 15) is 9.59 Å². The quantitative estimate of drug-likeness (QED) is 0.796. The first kappa shape index (κ1) is 18.8. The highest BCUT2D eigenvalue weighted by molar-refractivity contribution is 7.99. The molecule has 1 aromatic carbocycles. The number of fused-ring (bicyclic) bond motifs is 1. The van der Waals surface area contributed by atoms with Crippen molar-refractivity contribution in [3.63, 3.8) is 0 Å². The molecular weight excluding hydrogens is 360 g/mol. The molecule has 5 nitrogen and oxygen atoms in total. The molecule has 2 heterocycles. The van der Waals surface area contributed by atoms with Crippen molar-refractivity contribution >= 4 is 23.6 Å².